The second-order valence-electron chi connectivity index (χ2n) is 6.47. The lowest BCUT2D eigenvalue weighted by Gasteiger charge is -2.15. The van der Waals surface area contributed by atoms with Gasteiger partial charge in [0.05, 0.1) is 24.0 Å². The van der Waals surface area contributed by atoms with Gasteiger partial charge in [-0.05, 0) is 55.5 Å². The molecule has 0 fully saturated rings. The standard InChI is InChI=1S/C23H21N3O5/c1-15(22(28)24-20-9-5-6-10-21(20)30-2)31-23(29)18-7-3-4-8-19(18)26-25-16-11-13-17(27)14-12-16/h3-15,27H,1-2H3,(H,24,28)/t15-/m1/s1. The minimum Gasteiger partial charge on any atom is -0.508 e. The number of amides is 1. The Morgan fingerprint density at radius 2 is 1.61 bits per heavy atom. The number of phenols is 1. The smallest absolute Gasteiger partial charge is 0.341 e. The van der Waals surface area contributed by atoms with Gasteiger partial charge < -0.3 is 19.9 Å². The van der Waals surface area contributed by atoms with Crippen LogP contribution < -0.4 is 10.1 Å². The predicted octanol–water partition coefficient (Wildman–Crippen LogP) is 5.00. The van der Waals surface area contributed by atoms with Crippen LogP contribution in [0.25, 0.3) is 0 Å². The van der Waals surface area contributed by atoms with Crippen LogP contribution in [0.5, 0.6) is 11.5 Å². The van der Waals surface area contributed by atoms with Crippen LogP contribution >= 0.6 is 0 Å². The molecule has 3 rings (SSSR count). The Kier molecular flexibility index (Phi) is 6.95. The number of anilines is 1. The fourth-order valence-electron chi connectivity index (χ4n) is 2.62. The fraction of sp³-hybridized carbons (Fsp3) is 0.130. The van der Waals surface area contributed by atoms with Crippen LogP contribution in [0.2, 0.25) is 0 Å². The number of azo groups is 1. The largest absolute Gasteiger partial charge is 0.508 e. The number of carbonyl (C=O) groups is 2. The third-order valence-electron chi connectivity index (χ3n) is 4.26. The molecule has 0 aromatic heterocycles. The molecule has 158 valence electrons. The number of rotatable bonds is 7. The number of aromatic hydroxyl groups is 1. The van der Waals surface area contributed by atoms with Crippen molar-refractivity contribution >= 4 is 28.9 Å². The number of phenolic OH excluding ortho intramolecular Hbond substituents is 1. The van der Waals surface area contributed by atoms with Crippen LogP contribution in [-0.2, 0) is 9.53 Å². The molecule has 0 aliphatic carbocycles. The molecule has 0 bridgehead atoms. The zero-order valence-electron chi connectivity index (χ0n) is 17.0. The molecule has 31 heavy (non-hydrogen) atoms. The van der Waals surface area contributed by atoms with E-state index in [0.717, 1.165) is 0 Å². The molecule has 3 aromatic carbocycles. The maximum atomic E-state index is 12.7. The summed E-state index contributed by atoms with van der Waals surface area (Å²) >= 11 is 0. The maximum Gasteiger partial charge on any atom is 0.341 e. The van der Waals surface area contributed by atoms with Crippen molar-refractivity contribution in [2.24, 2.45) is 10.2 Å². The van der Waals surface area contributed by atoms with E-state index in [2.05, 4.69) is 15.5 Å². The maximum absolute atomic E-state index is 12.7. The molecular formula is C23H21N3O5. The SMILES string of the molecule is COc1ccccc1NC(=O)[C@@H](C)OC(=O)c1ccccc1N=Nc1ccc(O)cc1. The third-order valence-corrected chi connectivity index (χ3v) is 4.26. The molecule has 8 heteroatoms. The Bertz CT molecular complexity index is 1100. The first-order valence-corrected chi connectivity index (χ1v) is 9.42. The molecule has 0 aliphatic rings. The average molecular weight is 419 g/mol. The summed E-state index contributed by atoms with van der Waals surface area (Å²) in [6.45, 7) is 1.48. The quantitative estimate of drug-likeness (QED) is 0.414. The zero-order valence-corrected chi connectivity index (χ0v) is 17.0. The summed E-state index contributed by atoms with van der Waals surface area (Å²) in [4.78, 5) is 25.1. The third kappa shape index (κ3) is 5.66. The lowest BCUT2D eigenvalue weighted by molar-refractivity contribution is -0.123. The topological polar surface area (TPSA) is 110 Å². The van der Waals surface area contributed by atoms with Crippen molar-refractivity contribution in [2.75, 3.05) is 12.4 Å². The second-order valence-corrected chi connectivity index (χ2v) is 6.47. The number of nitrogens with zero attached hydrogens (tertiary/aromatic N) is 2. The Labute approximate surface area is 179 Å². The number of benzene rings is 3. The second kappa shape index (κ2) is 10.0. The number of ether oxygens (including phenoxy) is 2. The Hall–Kier alpha value is -4.20. The molecule has 2 N–H and O–H groups in total. The van der Waals surface area contributed by atoms with E-state index in [0.29, 0.717) is 17.1 Å². The highest BCUT2D eigenvalue weighted by Gasteiger charge is 2.21. The van der Waals surface area contributed by atoms with Crippen LogP contribution in [0.1, 0.15) is 17.3 Å². The first-order chi connectivity index (χ1) is 15.0. The van der Waals surface area contributed by atoms with E-state index in [1.807, 2.05) is 0 Å². The highest BCUT2D eigenvalue weighted by molar-refractivity contribution is 5.99. The van der Waals surface area contributed by atoms with Crippen molar-refractivity contribution in [3.05, 3.63) is 78.4 Å². The number of nitrogens with one attached hydrogen (secondary N) is 1. The van der Waals surface area contributed by atoms with E-state index in [1.165, 1.54) is 26.2 Å². The zero-order chi connectivity index (χ0) is 22.2. The van der Waals surface area contributed by atoms with Crippen molar-refractivity contribution in [2.45, 2.75) is 13.0 Å². The number of methoxy groups -OCH3 is 1. The molecule has 0 spiro atoms. The van der Waals surface area contributed by atoms with Gasteiger partial charge in [-0.1, -0.05) is 24.3 Å². The number of hydrogen-bond donors (Lipinski definition) is 2. The van der Waals surface area contributed by atoms with E-state index in [1.54, 1.807) is 60.7 Å². The Morgan fingerprint density at radius 3 is 2.35 bits per heavy atom. The Morgan fingerprint density at radius 1 is 0.935 bits per heavy atom. The first-order valence-electron chi connectivity index (χ1n) is 9.42. The van der Waals surface area contributed by atoms with Crippen LogP contribution in [0.15, 0.2) is 83.0 Å². The fourth-order valence-corrected chi connectivity index (χ4v) is 2.62. The summed E-state index contributed by atoms with van der Waals surface area (Å²) in [6.07, 6.45) is -1.06. The molecular weight excluding hydrogens is 398 g/mol. The molecule has 8 nitrogen and oxygen atoms in total. The molecule has 0 aliphatic heterocycles. The Balaban J connectivity index is 1.70. The van der Waals surface area contributed by atoms with Gasteiger partial charge in [0, 0.05) is 0 Å². The van der Waals surface area contributed by atoms with E-state index in [9.17, 15) is 14.7 Å². The van der Waals surface area contributed by atoms with E-state index in [4.69, 9.17) is 9.47 Å². The van der Waals surface area contributed by atoms with Gasteiger partial charge in [0.2, 0.25) is 0 Å². The van der Waals surface area contributed by atoms with Crippen molar-refractivity contribution in [3.63, 3.8) is 0 Å². The van der Waals surface area contributed by atoms with Crippen LogP contribution in [0, 0.1) is 0 Å². The van der Waals surface area contributed by atoms with Crippen molar-refractivity contribution < 1.29 is 24.2 Å². The average Bonchev–Trinajstić information content (AvgIpc) is 2.79. The minimum atomic E-state index is -1.06. The van der Waals surface area contributed by atoms with Gasteiger partial charge in [-0.25, -0.2) is 4.79 Å². The summed E-state index contributed by atoms with van der Waals surface area (Å²) in [5.41, 5.74) is 1.44. The van der Waals surface area contributed by atoms with Gasteiger partial charge in [0.25, 0.3) is 5.91 Å². The van der Waals surface area contributed by atoms with E-state index in [-0.39, 0.29) is 17.0 Å². The van der Waals surface area contributed by atoms with Gasteiger partial charge in [0.15, 0.2) is 6.10 Å². The van der Waals surface area contributed by atoms with Gasteiger partial charge in [0.1, 0.15) is 17.2 Å². The minimum absolute atomic E-state index is 0.114. The summed E-state index contributed by atoms with van der Waals surface area (Å²) in [5.74, 6) is -0.596. The van der Waals surface area contributed by atoms with Gasteiger partial charge >= 0.3 is 5.97 Å². The van der Waals surface area contributed by atoms with E-state index < -0.39 is 18.0 Å². The monoisotopic (exact) mass is 419 g/mol. The highest BCUT2D eigenvalue weighted by Crippen LogP contribution is 2.25. The molecule has 3 aromatic rings. The first kappa shape index (κ1) is 21.5. The van der Waals surface area contributed by atoms with Crippen LogP contribution in [0.3, 0.4) is 0 Å². The van der Waals surface area contributed by atoms with Crippen molar-refractivity contribution in [1.29, 1.82) is 0 Å². The van der Waals surface area contributed by atoms with Crippen LogP contribution in [-0.4, -0.2) is 30.2 Å². The molecule has 1 amide bonds. The molecule has 0 saturated heterocycles. The number of carbonyl (C=O) groups excluding carboxylic acids is 2. The van der Waals surface area contributed by atoms with E-state index >= 15 is 0 Å². The predicted molar refractivity (Wildman–Crippen MR) is 115 cm³/mol. The normalized spacial score (nSPS) is 11.7. The van der Waals surface area contributed by atoms with Gasteiger partial charge in [-0.3, -0.25) is 4.79 Å². The highest BCUT2D eigenvalue weighted by atomic mass is 16.5. The number of esters is 1. The lowest BCUT2D eigenvalue weighted by atomic mass is 10.2. The summed E-state index contributed by atoms with van der Waals surface area (Å²) in [6, 6.07) is 19.6. The van der Waals surface area contributed by atoms with Gasteiger partial charge in [-0.15, -0.1) is 5.11 Å². The number of hydrogen-bond acceptors (Lipinski definition) is 7. The summed E-state index contributed by atoms with van der Waals surface area (Å²) < 4.78 is 10.5. The van der Waals surface area contributed by atoms with Gasteiger partial charge in [-0.2, -0.15) is 5.11 Å². The molecule has 0 unspecified atom stereocenters. The number of para-hydroxylation sites is 2. The van der Waals surface area contributed by atoms with Crippen LogP contribution in [0.4, 0.5) is 17.1 Å². The van der Waals surface area contributed by atoms with Crippen molar-refractivity contribution in [3.8, 4) is 11.5 Å². The lowest BCUT2D eigenvalue weighted by Crippen LogP contribution is -2.30. The molecule has 0 radical (unpaired) electrons. The molecule has 0 saturated carbocycles. The molecule has 0 heterocycles. The van der Waals surface area contributed by atoms with Crippen molar-refractivity contribution in [1.82, 2.24) is 0 Å². The summed E-state index contributed by atoms with van der Waals surface area (Å²) in [5, 5.41) is 20.2. The molecule has 1 atom stereocenters. The summed E-state index contributed by atoms with van der Waals surface area (Å²) in [7, 11) is 1.50.